The Bertz CT molecular complexity index is 208. The molecular weight excluding hydrogens is 218 g/mol. The Balaban J connectivity index is 1.71. The lowest BCUT2D eigenvalue weighted by molar-refractivity contribution is -0.0172. The van der Waals surface area contributed by atoms with Crippen molar-refractivity contribution < 1.29 is 9.47 Å². The van der Waals surface area contributed by atoms with Crippen LogP contribution in [0.25, 0.3) is 0 Å². The van der Waals surface area contributed by atoms with Crippen LogP contribution in [0.3, 0.4) is 0 Å². The van der Waals surface area contributed by atoms with Crippen LogP contribution in [0, 0.1) is 0 Å². The van der Waals surface area contributed by atoms with E-state index in [1.807, 2.05) is 7.05 Å². The van der Waals surface area contributed by atoms with Gasteiger partial charge >= 0.3 is 0 Å². The van der Waals surface area contributed by atoms with Crippen molar-refractivity contribution in [3.05, 3.63) is 0 Å². The van der Waals surface area contributed by atoms with Gasteiger partial charge in [-0.3, -0.25) is 9.80 Å². The van der Waals surface area contributed by atoms with Gasteiger partial charge in [-0.05, 0) is 7.05 Å². The van der Waals surface area contributed by atoms with Gasteiger partial charge in [0, 0.05) is 45.3 Å². The second-order valence-corrected chi connectivity index (χ2v) is 4.78. The molecule has 1 unspecified atom stereocenters. The van der Waals surface area contributed by atoms with Gasteiger partial charge in [0.2, 0.25) is 0 Å². The molecule has 2 aliphatic heterocycles. The minimum absolute atomic E-state index is 0.537. The third-order valence-electron chi connectivity index (χ3n) is 3.60. The van der Waals surface area contributed by atoms with Gasteiger partial charge in [0.1, 0.15) is 0 Å². The van der Waals surface area contributed by atoms with Gasteiger partial charge in [0.05, 0.1) is 26.4 Å². The number of nitrogens with zero attached hydrogens (tertiary/aromatic N) is 2. The Morgan fingerprint density at radius 3 is 2.59 bits per heavy atom. The van der Waals surface area contributed by atoms with E-state index >= 15 is 0 Å². The van der Waals surface area contributed by atoms with Gasteiger partial charge in [0.25, 0.3) is 0 Å². The van der Waals surface area contributed by atoms with E-state index < -0.39 is 0 Å². The lowest BCUT2D eigenvalue weighted by atomic mass is 10.2. The molecule has 0 saturated carbocycles. The van der Waals surface area contributed by atoms with E-state index in [9.17, 15) is 0 Å². The predicted molar refractivity (Wildman–Crippen MR) is 67.4 cm³/mol. The molecule has 0 aromatic rings. The summed E-state index contributed by atoms with van der Waals surface area (Å²) in [6, 6.07) is 0.537. The highest BCUT2D eigenvalue weighted by Gasteiger charge is 2.22. The molecule has 0 aromatic carbocycles. The molecule has 2 rings (SSSR count). The predicted octanol–water partition coefficient (Wildman–Crippen LogP) is -0.761. The first-order valence-electron chi connectivity index (χ1n) is 6.66. The normalized spacial score (nSPS) is 28.4. The Morgan fingerprint density at radius 1 is 1.06 bits per heavy atom. The zero-order valence-electron chi connectivity index (χ0n) is 10.9. The van der Waals surface area contributed by atoms with Crippen LogP contribution in [0.4, 0.5) is 0 Å². The summed E-state index contributed by atoms with van der Waals surface area (Å²) in [5, 5.41) is 3.25. The number of hydrogen-bond donors (Lipinski definition) is 1. The van der Waals surface area contributed by atoms with E-state index in [1.165, 1.54) is 0 Å². The number of ether oxygens (including phenoxy) is 2. The molecule has 2 heterocycles. The second-order valence-electron chi connectivity index (χ2n) is 4.78. The van der Waals surface area contributed by atoms with E-state index in [2.05, 4.69) is 15.1 Å². The van der Waals surface area contributed by atoms with Crippen LogP contribution >= 0.6 is 0 Å². The Hall–Kier alpha value is -0.200. The topological polar surface area (TPSA) is 37.0 Å². The number of hydrogen-bond acceptors (Lipinski definition) is 5. The van der Waals surface area contributed by atoms with Crippen molar-refractivity contribution >= 4 is 0 Å². The van der Waals surface area contributed by atoms with Gasteiger partial charge in [-0.25, -0.2) is 0 Å². The smallest absolute Gasteiger partial charge is 0.0634 e. The summed E-state index contributed by atoms with van der Waals surface area (Å²) < 4.78 is 10.9. The molecule has 17 heavy (non-hydrogen) atoms. The van der Waals surface area contributed by atoms with Gasteiger partial charge in [-0.1, -0.05) is 0 Å². The maximum Gasteiger partial charge on any atom is 0.0634 e. The molecule has 0 bridgehead atoms. The molecule has 2 fully saturated rings. The molecule has 5 nitrogen and oxygen atoms in total. The fourth-order valence-corrected chi connectivity index (χ4v) is 2.50. The summed E-state index contributed by atoms with van der Waals surface area (Å²) in [6.07, 6.45) is 0. The molecular formula is C12H25N3O2. The van der Waals surface area contributed by atoms with E-state index in [-0.39, 0.29) is 0 Å². The van der Waals surface area contributed by atoms with E-state index in [4.69, 9.17) is 9.47 Å². The number of nitrogens with one attached hydrogen (secondary N) is 1. The Labute approximate surface area is 104 Å². The quantitative estimate of drug-likeness (QED) is 0.687. The number of morpholine rings is 2. The monoisotopic (exact) mass is 243 g/mol. The zero-order valence-corrected chi connectivity index (χ0v) is 10.9. The molecule has 1 atom stereocenters. The van der Waals surface area contributed by atoms with Crippen LogP contribution < -0.4 is 5.32 Å². The zero-order chi connectivity index (χ0) is 11.9. The third-order valence-corrected chi connectivity index (χ3v) is 3.60. The first-order valence-corrected chi connectivity index (χ1v) is 6.66. The van der Waals surface area contributed by atoms with E-state index in [1.54, 1.807) is 0 Å². The third kappa shape index (κ3) is 4.19. The standard InChI is InChI=1S/C12H25N3O2/c1-13-10-12-11-17-9-6-15(12)3-2-14-4-7-16-8-5-14/h12-13H,2-11H2,1H3. The van der Waals surface area contributed by atoms with Crippen LogP contribution in [0.2, 0.25) is 0 Å². The molecule has 0 aliphatic carbocycles. The van der Waals surface area contributed by atoms with Gasteiger partial charge in [0.15, 0.2) is 0 Å². The fourth-order valence-electron chi connectivity index (χ4n) is 2.50. The van der Waals surface area contributed by atoms with Crippen molar-refractivity contribution in [1.29, 1.82) is 0 Å². The summed E-state index contributed by atoms with van der Waals surface area (Å²) >= 11 is 0. The minimum atomic E-state index is 0.537. The van der Waals surface area contributed by atoms with Gasteiger partial charge in [-0.15, -0.1) is 0 Å². The van der Waals surface area contributed by atoms with Crippen LogP contribution in [0.5, 0.6) is 0 Å². The number of rotatable bonds is 5. The molecule has 0 aromatic heterocycles. The summed E-state index contributed by atoms with van der Waals surface area (Å²) in [4.78, 5) is 5.05. The lowest BCUT2D eigenvalue weighted by Gasteiger charge is -2.37. The largest absolute Gasteiger partial charge is 0.379 e. The summed E-state index contributed by atoms with van der Waals surface area (Å²) in [5.41, 5.74) is 0. The highest BCUT2D eigenvalue weighted by atomic mass is 16.5. The Kier molecular flexibility index (Phi) is 5.67. The second kappa shape index (κ2) is 7.28. The molecule has 2 saturated heterocycles. The molecule has 1 N–H and O–H groups in total. The van der Waals surface area contributed by atoms with Crippen LogP contribution in [-0.4, -0.2) is 88.6 Å². The summed E-state index contributed by atoms with van der Waals surface area (Å²) in [7, 11) is 2.01. The maximum absolute atomic E-state index is 5.54. The van der Waals surface area contributed by atoms with E-state index in [0.29, 0.717) is 6.04 Å². The van der Waals surface area contributed by atoms with Crippen LogP contribution in [0.15, 0.2) is 0 Å². The summed E-state index contributed by atoms with van der Waals surface area (Å²) in [6.45, 7) is 10.1. The Morgan fingerprint density at radius 2 is 1.82 bits per heavy atom. The SMILES string of the molecule is CNCC1COCCN1CCN1CCOCC1. The average molecular weight is 243 g/mol. The van der Waals surface area contributed by atoms with Crippen molar-refractivity contribution in [2.75, 3.05) is 72.7 Å². The van der Waals surface area contributed by atoms with Crippen molar-refractivity contribution in [3.63, 3.8) is 0 Å². The highest BCUT2D eigenvalue weighted by Crippen LogP contribution is 2.06. The summed E-state index contributed by atoms with van der Waals surface area (Å²) in [5.74, 6) is 0. The molecule has 0 spiro atoms. The van der Waals surface area contributed by atoms with Gasteiger partial charge in [-0.2, -0.15) is 0 Å². The number of likely N-dealkylation sites (N-methyl/N-ethyl adjacent to an activating group) is 1. The van der Waals surface area contributed by atoms with Crippen LogP contribution in [0.1, 0.15) is 0 Å². The maximum atomic E-state index is 5.54. The first-order chi connectivity index (χ1) is 8.40. The van der Waals surface area contributed by atoms with Crippen molar-refractivity contribution in [2.24, 2.45) is 0 Å². The fraction of sp³-hybridized carbons (Fsp3) is 1.00. The minimum Gasteiger partial charge on any atom is -0.379 e. The van der Waals surface area contributed by atoms with Crippen molar-refractivity contribution in [3.8, 4) is 0 Å². The van der Waals surface area contributed by atoms with Gasteiger partial charge < -0.3 is 14.8 Å². The molecule has 2 aliphatic rings. The lowest BCUT2D eigenvalue weighted by Crippen LogP contribution is -2.52. The molecule has 0 radical (unpaired) electrons. The van der Waals surface area contributed by atoms with Crippen molar-refractivity contribution in [2.45, 2.75) is 6.04 Å². The molecule has 0 amide bonds. The molecule has 5 heteroatoms. The molecule has 100 valence electrons. The first kappa shape index (κ1) is 13.2. The van der Waals surface area contributed by atoms with Crippen LogP contribution in [-0.2, 0) is 9.47 Å². The highest BCUT2D eigenvalue weighted by molar-refractivity contribution is 4.78. The van der Waals surface area contributed by atoms with E-state index in [0.717, 1.165) is 65.7 Å². The average Bonchev–Trinajstić information content (AvgIpc) is 2.39. The van der Waals surface area contributed by atoms with Crippen molar-refractivity contribution in [1.82, 2.24) is 15.1 Å².